The molecule has 0 bridgehead atoms. The van der Waals surface area contributed by atoms with Gasteiger partial charge in [0.2, 0.25) is 0 Å². The molecule has 9 heteroatoms. The molecule has 0 saturated carbocycles. The molecule has 0 spiro atoms. The summed E-state index contributed by atoms with van der Waals surface area (Å²) in [6, 6.07) is 6.57. The molecule has 1 N–H and O–H groups in total. The van der Waals surface area contributed by atoms with E-state index < -0.39 is 53.8 Å². The minimum atomic E-state index is -0.981. The minimum Gasteiger partial charge on any atom is -0.423 e. The van der Waals surface area contributed by atoms with Gasteiger partial charge >= 0.3 is 5.63 Å². The summed E-state index contributed by atoms with van der Waals surface area (Å²) in [5.74, 6) is -2.18. The maximum absolute atomic E-state index is 13.2. The lowest BCUT2D eigenvalue weighted by molar-refractivity contribution is -0.229. The van der Waals surface area contributed by atoms with Crippen LogP contribution in [0.3, 0.4) is 0 Å². The van der Waals surface area contributed by atoms with Gasteiger partial charge in [-0.3, -0.25) is 4.79 Å². The zero-order valence-electron chi connectivity index (χ0n) is 18.0. The van der Waals surface area contributed by atoms with Gasteiger partial charge in [-0.15, -0.1) is 0 Å². The number of ether oxygens (including phenoxy) is 5. The molecule has 1 aromatic heterocycles. The number of aryl methyl sites for hydroxylation is 1. The average molecular weight is 431 g/mol. The first-order chi connectivity index (χ1) is 14.5. The van der Waals surface area contributed by atoms with Crippen molar-refractivity contribution in [3.63, 3.8) is 0 Å². The predicted octanol–water partition coefficient (Wildman–Crippen LogP) is 2.44. The fraction of sp³-hybridized carbons (Fsp3) is 0.545. The Labute approximate surface area is 178 Å². The van der Waals surface area contributed by atoms with Gasteiger partial charge in [0.05, 0.1) is 0 Å². The summed E-state index contributed by atoms with van der Waals surface area (Å²) < 4.78 is 35.1. The van der Waals surface area contributed by atoms with E-state index in [0.29, 0.717) is 11.3 Å². The van der Waals surface area contributed by atoms with Crippen molar-refractivity contribution in [2.75, 3.05) is 5.32 Å². The fourth-order valence-electron chi connectivity index (χ4n) is 4.44. The molecule has 3 aliphatic heterocycles. The molecule has 9 nitrogen and oxygen atoms in total. The molecule has 0 aliphatic carbocycles. The largest absolute Gasteiger partial charge is 0.423 e. The zero-order valence-corrected chi connectivity index (χ0v) is 18.0. The fourth-order valence-corrected chi connectivity index (χ4v) is 4.44. The number of fused-ring (bicyclic) bond motifs is 4. The Hall–Kier alpha value is -2.30. The van der Waals surface area contributed by atoms with Gasteiger partial charge in [-0.05, 0) is 52.3 Å². The number of benzene rings is 1. The average Bonchev–Trinajstić information content (AvgIpc) is 3.14. The van der Waals surface area contributed by atoms with Crippen molar-refractivity contribution in [3.05, 3.63) is 40.2 Å². The lowest BCUT2D eigenvalue weighted by atomic mass is 9.98. The van der Waals surface area contributed by atoms with Gasteiger partial charge in [-0.2, -0.15) is 0 Å². The van der Waals surface area contributed by atoms with Gasteiger partial charge in [-0.25, -0.2) is 4.79 Å². The molecule has 3 saturated heterocycles. The molecule has 5 atom stereocenters. The molecule has 2 aromatic rings. The zero-order chi connectivity index (χ0) is 22.1. The molecule has 3 aliphatic rings. The lowest BCUT2D eigenvalue weighted by Gasteiger charge is -2.36. The quantitative estimate of drug-likeness (QED) is 0.723. The van der Waals surface area contributed by atoms with Crippen molar-refractivity contribution in [2.45, 2.75) is 76.9 Å². The first-order valence-corrected chi connectivity index (χ1v) is 10.2. The Morgan fingerprint density at radius 3 is 2.39 bits per heavy atom. The Morgan fingerprint density at radius 2 is 1.61 bits per heavy atom. The van der Waals surface area contributed by atoms with E-state index in [9.17, 15) is 9.59 Å². The Balaban J connectivity index is 1.42. The van der Waals surface area contributed by atoms with Crippen LogP contribution in [-0.2, 0) is 28.5 Å². The molecule has 3 fully saturated rings. The van der Waals surface area contributed by atoms with Crippen LogP contribution in [0.5, 0.6) is 0 Å². The van der Waals surface area contributed by atoms with Crippen molar-refractivity contribution in [1.29, 1.82) is 0 Å². The summed E-state index contributed by atoms with van der Waals surface area (Å²) in [5, 5.41) is 3.62. The second-order valence-electron chi connectivity index (χ2n) is 9.04. The number of carbonyl (C=O) groups excluding carboxylic acids is 1. The highest BCUT2D eigenvalue weighted by molar-refractivity contribution is 5.96. The number of hydrogen-bond acceptors (Lipinski definition) is 8. The molecule has 4 heterocycles. The summed E-state index contributed by atoms with van der Waals surface area (Å²) in [6.07, 6.45) is -3.45. The van der Waals surface area contributed by atoms with Gasteiger partial charge in [-0.1, -0.05) is 0 Å². The van der Waals surface area contributed by atoms with E-state index in [-0.39, 0.29) is 0 Å². The number of rotatable bonds is 2. The number of hydrogen-bond donors (Lipinski definition) is 1. The molecule has 1 aromatic carbocycles. The summed E-state index contributed by atoms with van der Waals surface area (Å²) in [5.41, 5.74) is 1.21. The summed E-state index contributed by atoms with van der Waals surface area (Å²) in [4.78, 5) is 24.9. The third kappa shape index (κ3) is 3.66. The molecule has 0 radical (unpaired) electrons. The van der Waals surface area contributed by atoms with E-state index in [1.807, 2.05) is 6.92 Å². The van der Waals surface area contributed by atoms with Crippen LogP contribution in [0.1, 0.15) is 33.3 Å². The third-order valence-corrected chi connectivity index (χ3v) is 5.63. The summed E-state index contributed by atoms with van der Waals surface area (Å²) in [7, 11) is 0. The molecule has 166 valence electrons. The van der Waals surface area contributed by atoms with E-state index in [0.717, 1.165) is 10.9 Å². The minimum absolute atomic E-state index is 0.390. The highest BCUT2D eigenvalue weighted by Gasteiger charge is 2.62. The molecule has 5 rings (SSSR count). The van der Waals surface area contributed by atoms with E-state index in [4.69, 9.17) is 28.1 Å². The van der Waals surface area contributed by atoms with Gasteiger partial charge in [0.15, 0.2) is 24.0 Å². The van der Waals surface area contributed by atoms with E-state index in [1.54, 1.807) is 45.9 Å². The maximum Gasteiger partial charge on any atom is 0.336 e. The second kappa shape index (κ2) is 6.85. The highest BCUT2D eigenvalue weighted by atomic mass is 16.9. The van der Waals surface area contributed by atoms with Crippen LogP contribution in [0.15, 0.2) is 33.5 Å². The van der Waals surface area contributed by atoms with Crippen LogP contribution in [-0.4, -0.2) is 48.2 Å². The first-order valence-electron chi connectivity index (χ1n) is 10.2. The smallest absolute Gasteiger partial charge is 0.336 e. The van der Waals surface area contributed by atoms with Crippen molar-refractivity contribution >= 4 is 22.6 Å². The van der Waals surface area contributed by atoms with Gasteiger partial charge < -0.3 is 33.4 Å². The Kier molecular flexibility index (Phi) is 4.55. The topological polar surface area (TPSA) is 105 Å². The standard InChI is InChI=1S/C22H25NO8/c1-10-8-14(24)26-13-9-11(6-7-12(10)13)23-19(25)17-15-16(29-21(2,3)28-15)18-20(27-17)31-22(4,5)30-18/h6-9,15-18,20H,1-5H3,(H,23,25)/t15-,16+,17+,18-,20-/m1/s1. The number of amides is 1. The van der Waals surface area contributed by atoms with Crippen molar-refractivity contribution < 1.29 is 32.9 Å². The summed E-state index contributed by atoms with van der Waals surface area (Å²) >= 11 is 0. The van der Waals surface area contributed by atoms with Crippen LogP contribution in [0.4, 0.5) is 5.69 Å². The lowest BCUT2D eigenvalue weighted by Crippen LogP contribution is -2.58. The van der Waals surface area contributed by atoms with Crippen molar-refractivity contribution in [3.8, 4) is 0 Å². The van der Waals surface area contributed by atoms with E-state index in [2.05, 4.69) is 5.32 Å². The molecular weight excluding hydrogens is 406 g/mol. The van der Waals surface area contributed by atoms with Crippen LogP contribution in [0.25, 0.3) is 11.0 Å². The molecular formula is C22H25NO8. The third-order valence-electron chi connectivity index (χ3n) is 5.63. The van der Waals surface area contributed by atoms with Crippen LogP contribution in [0, 0.1) is 6.92 Å². The molecule has 31 heavy (non-hydrogen) atoms. The monoisotopic (exact) mass is 431 g/mol. The maximum atomic E-state index is 13.2. The molecule has 1 amide bonds. The first kappa shape index (κ1) is 20.6. The van der Waals surface area contributed by atoms with E-state index >= 15 is 0 Å². The number of nitrogens with one attached hydrogen (secondary N) is 1. The van der Waals surface area contributed by atoms with Crippen LogP contribution in [0.2, 0.25) is 0 Å². The van der Waals surface area contributed by atoms with Crippen LogP contribution < -0.4 is 10.9 Å². The van der Waals surface area contributed by atoms with Gasteiger partial charge in [0.25, 0.3) is 5.91 Å². The predicted molar refractivity (Wildman–Crippen MR) is 108 cm³/mol. The SMILES string of the molecule is Cc1cc(=O)oc2cc(NC(=O)[C@H]3O[C@@H]4OC(C)(C)O[C@@H]4[C@H]4OC(C)(C)O[C@H]43)ccc12. The normalized spacial score (nSPS) is 33.1. The van der Waals surface area contributed by atoms with Gasteiger partial charge in [0.1, 0.15) is 23.9 Å². The Bertz CT molecular complexity index is 1110. The van der Waals surface area contributed by atoms with E-state index in [1.165, 1.54) is 6.07 Å². The summed E-state index contributed by atoms with van der Waals surface area (Å²) in [6.45, 7) is 8.96. The Morgan fingerprint density at radius 1 is 0.935 bits per heavy atom. The highest BCUT2D eigenvalue weighted by Crippen LogP contribution is 2.44. The second-order valence-corrected chi connectivity index (χ2v) is 9.04. The van der Waals surface area contributed by atoms with Crippen LogP contribution >= 0.6 is 0 Å². The van der Waals surface area contributed by atoms with Crippen molar-refractivity contribution in [2.24, 2.45) is 0 Å². The number of anilines is 1. The molecule has 0 unspecified atom stereocenters. The van der Waals surface area contributed by atoms with Crippen molar-refractivity contribution in [1.82, 2.24) is 0 Å². The van der Waals surface area contributed by atoms with Gasteiger partial charge in [0, 0.05) is 23.2 Å². The number of carbonyl (C=O) groups is 1.